The smallest absolute Gasteiger partial charge is 0.134 e. The number of aromatic nitrogens is 1. The Morgan fingerprint density at radius 3 is 1.83 bits per heavy atom. The molecule has 0 aliphatic heterocycles. The molecule has 0 N–H and O–H groups in total. The summed E-state index contributed by atoms with van der Waals surface area (Å²) >= 11 is 0. The van der Waals surface area contributed by atoms with Crippen LogP contribution >= 0.6 is 0 Å². The number of hydrogen-bond acceptors (Lipinski definition) is 4. The summed E-state index contributed by atoms with van der Waals surface area (Å²) in [5, 5.41) is 0. The first-order chi connectivity index (χ1) is 8.80. The summed E-state index contributed by atoms with van der Waals surface area (Å²) in [4.78, 5) is 4.01. The van der Waals surface area contributed by atoms with Gasteiger partial charge in [-0.2, -0.15) is 0 Å². The quantitative estimate of drug-likeness (QED) is 0.830. The van der Waals surface area contributed by atoms with Gasteiger partial charge in [0.05, 0.1) is 26.9 Å². The Kier molecular flexibility index (Phi) is 3.67. The number of benzene rings is 1. The van der Waals surface area contributed by atoms with Gasteiger partial charge in [0.1, 0.15) is 17.2 Å². The van der Waals surface area contributed by atoms with E-state index in [1.807, 2.05) is 24.3 Å². The van der Waals surface area contributed by atoms with Crippen molar-refractivity contribution in [3.63, 3.8) is 0 Å². The van der Waals surface area contributed by atoms with Crippen LogP contribution < -0.4 is 14.2 Å². The Balaban J connectivity index is 2.64. The van der Waals surface area contributed by atoms with E-state index in [4.69, 9.17) is 14.2 Å². The minimum Gasteiger partial charge on any atom is -0.496 e. The summed E-state index contributed by atoms with van der Waals surface area (Å²) in [5.74, 6) is 2.11. The number of hydrogen-bond donors (Lipinski definition) is 0. The highest BCUT2D eigenvalue weighted by Crippen LogP contribution is 2.41. The molecule has 1 aromatic carbocycles. The van der Waals surface area contributed by atoms with E-state index in [2.05, 4.69) is 4.98 Å². The summed E-state index contributed by atoms with van der Waals surface area (Å²) in [7, 11) is 4.86. The van der Waals surface area contributed by atoms with Crippen molar-refractivity contribution in [1.82, 2.24) is 4.98 Å². The van der Waals surface area contributed by atoms with Crippen LogP contribution in [-0.2, 0) is 0 Å². The van der Waals surface area contributed by atoms with Gasteiger partial charge in [-0.3, -0.25) is 4.98 Å². The number of methoxy groups -OCH3 is 3. The highest BCUT2D eigenvalue weighted by atomic mass is 16.5. The molecule has 0 amide bonds. The molecular formula is C14H15NO3. The van der Waals surface area contributed by atoms with Crippen LogP contribution in [0.25, 0.3) is 11.1 Å². The van der Waals surface area contributed by atoms with E-state index in [1.165, 1.54) is 0 Å². The van der Waals surface area contributed by atoms with Crippen LogP contribution in [0, 0.1) is 0 Å². The van der Waals surface area contributed by atoms with Gasteiger partial charge in [0.2, 0.25) is 0 Å². The number of ether oxygens (including phenoxy) is 3. The molecule has 0 fully saturated rings. The molecule has 0 unspecified atom stereocenters. The lowest BCUT2D eigenvalue weighted by Gasteiger charge is -2.15. The van der Waals surface area contributed by atoms with Crippen LogP contribution in [-0.4, -0.2) is 26.3 Å². The fourth-order valence-corrected chi connectivity index (χ4v) is 1.81. The second kappa shape index (κ2) is 5.40. The van der Waals surface area contributed by atoms with Crippen molar-refractivity contribution in [3.05, 3.63) is 36.7 Å². The summed E-state index contributed by atoms with van der Waals surface area (Å²) < 4.78 is 16.0. The van der Waals surface area contributed by atoms with Crippen molar-refractivity contribution >= 4 is 0 Å². The molecule has 0 bridgehead atoms. The zero-order valence-electron chi connectivity index (χ0n) is 10.6. The summed E-state index contributed by atoms with van der Waals surface area (Å²) in [6.07, 6.45) is 3.47. The maximum Gasteiger partial charge on any atom is 0.134 e. The van der Waals surface area contributed by atoms with Crippen LogP contribution in [0.15, 0.2) is 36.7 Å². The fraction of sp³-hybridized carbons (Fsp3) is 0.214. The van der Waals surface area contributed by atoms with Crippen molar-refractivity contribution in [2.75, 3.05) is 21.3 Å². The van der Waals surface area contributed by atoms with Gasteiger partial charge in [0.25, 0.3) is 0 Å². The van der Waals surface area contributed by atoms with Crippen molar-refractivity contribution in [1.29, 1.82) is 0 Å². The second-order valence-corrected chi connectivity index (χ2v) is 3.64. The second-order valence-electron chi connectivity index (χ2n) is 3.64. The molecule has 4 nitrogen and oxygen atoms in total. The van der Waals surface area contributed by atoms with Gasteiger partial charge in [-0.05, 0) is 17.7 Å². The zero-order valence-corrected chi connectivity index (χ0v) is 10.6. The van der Waals surface area contributed by atoms with Crippen LogP contribution in [0.5, 0.6) is 17.2 Å². The molecule has 2 aromatic rings. The minimum absolute atomic E-state index is 0.696. The number of pyridine rings is 1. The van der Waals surface area contributed by atoms with Crippen molar-refractivity contribution in [2.24, 2.45) is 0 Å². The lowest BCUT2D eigenvalue weighted by atomic mass is 10.0. The van der Waals surface area contributed by atoms with Gasteiger partial charge >= 0.3 is 0 Å². The molecule has 18 heavy (non-hydrogen) atoms. The van der Waals surface area contributed by atoms with Gasteiger partial charge < -0.3 is 14.2 Å². The number of rotatable bonds is 4. The standard InChI is InChI=1S/C14H15NO3/c1-16-11-8-12(17-2)14(13(9-11)18-3)10-4-6-15-7-5-10/h4-9H,1-3H3. The molecule has 1 heterocycles. The highest BCUT2D eigenvalue weighted by Gasteiger charge is 2.14. The molecule has 4 heteroatoms. The predicted octanol–water partition coefficient (Wildman–Crippen LogP) is 2.77. The van der Waals surface area contributed by atoms with E-state index >= 15 is 0 Å². The third-order valence-electron chi connectivity index (χ3n) is 2.68. The molecule has 0 aliphatic rings. The summed E-state index contributed by atoms with van der Waals surface area (Å²) in [6.45, 7) is 0. The molecule has 1 aromatic heterocycles. The average Bonchev–Trinajstić information content (AvgIpc) is 2.46. The Morgan fingerprint density at radius 2 is 1.39 bits per heavy atom. The summed E-state index contributed by atoms with van der Waals surface area (Å²) in [5.41, 5.74) is 1.88. The van der Waals surface area contributed by atoms with Gasteiger partial charge in [-0.1, -0.05) is 0 Å². The molecular weight excluding hydrogens is 230 g/mol. The third-order valence-corrected chi connectivity index (χ3v) is 2.68. The van der Waals surface area contributed by atoms with Gasteiger partial charge in [0, 0.05) is 24.5 Å². The average molecular weight is 245 g/mol. The highest BCUT2D eigenvalue weighted by molar-refractivity contribution is 5.78. The minimum atomic E-state index is 0.696. The fourth-order valence-electron chi connectivity index (χ4n) is 1.81. The van der Waals surface area contributed by atoms with Crippen molar-refractivity contribution < 1.29 is 14.2 Å². The van der Waals surface area contributed by atoms with E-state index in [1.54, 1.807) is 33.7 Å². The van der Waals surface area contributed by atoms with E-state index < -0.39 is 0 Å². The van der Waals surface area contributed by atoms with Gasteiger partial charge in [0.15, 0.2) is 0 Å². The Labute approximate surface area is 106 Å². The largest absolute Gasteiger partial charge is 0.496 e. The summed E-state index contributed by atoms with van der Waals surface area (Å²) in [6, 6.07) is 7.48. The Hall–Kier alpha value is -2.23. The zero-order chi connectivity index (χ0) is 13.0. The van der Waals surface area contributed by atoms with E-state index in [0.717, 1.165) is 11.1 Å². The SMILES string of the molecule is COc1cc(OC)c(-c2ccncc2)c(OC)c1. The maximum absolute atomic E-state index is 5.40. The van der Waals surface area contributed by atoms with Gasteiger partial charge in [-0.15, -0.1) is 0 Å². The molecule has 0 saturated heterocycles. The molecule has 0 saturated carbocycles. The predicted molar refractivity (Wildman–Crippen MR) is 69.3 cm³/mol. The molecule has 2 rings (SSSR count). The molecule has 0 spiro atoms. The first-order valence-electron chi connectivity index (χ1n) is 5.50. The normalized spacial score (nSPS) is 9.94. The van der Waals surface area contributed by atoms with Crippen LogP contribution in [0.3, 0.4) is 0 Å². The molecule has 0 radical (unpaired) electrons. The lowest BCUT2D eigenvalue weighted by molar-refractivity contribution is 0.377. The van der Waals surface area contributed by atoms with Crippen LogP contribution in [0.1, 0.15) is 0 Å². The topological polar surface area (TPSA) is 40.6 Å². The van der Waals surface area contributed by atoms with Gasteiger partial charge in [-0.25, -0.2) is 0 Å². The Bertz CT molecular complexity index is 501. The van der Waals surface area contributed by atoms with Crippen molar-refractivity contribution in [3.8, 4) is 28.4 Å². The Morgan fingerprint density at radius 1 is 0.833 bits per heavy atom. The first kappa shape index (κ1) is 12.2. The lowest BCUT2D eigenvalue weighted by Crippen LogP contribution is -1.95. The monoisotopic (exact) mass is 245 g/mol. The van der Waals surface area contributed by atoms with Crippen LogP contribution in [0.2, 0.25) is 0 Å². The van der Waals surface area contributed by atoms with E-state index in [0.29, 0.717) is 17.2 Å². The molecule has 0 atom stereocenters. The molecule has 0 aliphatic carbocycles. The molecule has 94 valence electrons. The van der Waals surface area contributed by atoms with Crippen molar-refractivity contribution in [2.45, 2.75) is 0 Å². The third kappa shape index (κ3) is 2.22. The first-order valence-corrected chi connectivity index (χ1v) is 5.50. The van der Waals surface area contributed by atoms with E-state index in [9.17, 15) is 0 Å². The maximum atomic E-state index is 5.40. The van der Waals surface area contributed by atoms with Crippen LogP contribution in [0.4, 0.5) is 0 Å². The van der Waals surface area contributed by atoms with E-state index in [-0.39, 0.29) is 0 Å². The number of nitrogens with zero attached hydrogens (tertiary/aromatic N) is 1.